The summed E-state index contributed by atoms with van der Waals surface area (Å²) in [6, 6.07) is 0.564. The monoisotopic (exact) mass is 673 g/mol. The number of nitrogens with zero attached hydrogens (tertiary/aromatic N) is 1. The van der Waals surface area contributed by atoms with E-state index in [1.54, 1.807) is 30.3 Å². The number of carboxylic acid groups (broad SMARTS) is 1. The van der Waals surface area contributed by atoms with Gasteiger partial charge in [0.2, 0.25) is 11.8 Å². The highest BCUT2D eigenvalue weighted by atomic mass is 16.4. The summed E-state index contributed by atoms with van der Waals surface area (Å²) in [5, 5.41) is 28.4. The van der Waals surface area contributed by atoms with E-state index in [0.29, 0.717) is 5.56 Å². The van der Waals surface area contributed by atoms with Crippen molar-refractivity contribution >= 4 is 47.5 Å². The lowest BCUT2D eigenvalue weighted by Crippen LogP contribution is -2.67. The van der Waals surface area contributed by atoms with Crippen LogP contribution in [0.1, 0.15) is 38.2 Å². The summed E-state index contributed by atoms with van der Waals surface area (Å²) in [5.41, 5.74) is 12.8. The Morgan fingerprint density at radius 3 is 2.31 bits per heavy atom. The minimum absolute atomic E-state index is 0.0123. The minimum atomic E-state index is -2.01. The number of hydrogen-bond donors (Lipinski definition) is 8. The van der Waals surface area contributed by atoms with Crippen molar-refractivity contribution in [3.63, 3.8) is 0 Å². The molecule has 1 heterocycles. The molecule has 1 aliphatic heterocycles. The van der Waals surface area contributed by atoms with E-state index < -0.39 is 96.6 Å². The molecule has 1 aromatic carbocycles. The first kappa shape index (κ1) is 39.3. The molecule has 0 saturated heterocycles. The molecular formula is C31H43N7O10. The first-order valence-corrected chi connectivity index (χ1v) is 15.2. The van der Waals surface area contributed by atoms with Crippen LogP contribution in [0.15, 0.2) is 42.5 Å². The standard InChI is InChI=1S/C31H43N7O10/c1-17(40)21(16-39)35-28-31(48)38(25(30(47)34-2)27(45)20(33)15-18-9-5-3-6-10-18)14-8-4-7-11-22(41)36-24(29(46)37-28)26(44)19(32)12-13-23(42)43/h3-6,8-10,16-17,19-21,24-25,28,35,40H,7,11-15,32-33H2,1-2H3,(H,34,47)(H,36,41)(H,37,46)(H,42,43)/t17-,19+,20+,21-,24?,25?,28?/m1/s1. The Morgan fingerprint density at radius 1 is 1.06 bits per heavy atom. The Bertz CT molecular complexity index is 1370. The number of nitrogens with two attached hydrogens (primary N) is 2. The fourth-order valence-electron chi connectivity index (χ4n) is 4.76. The van der Waals surface area contributed by atoms with Crippen LogP contribution in [0.2, 0.25) is 0 Å². The highest BCUT2D eigenvalue weighted by Gasteiger charge is 2.42. The summed E-state index contributed by atoms with van der Waals surface area (Å²) in [6.07, 6.45) is -1.32. The second-order valence-electron chi connectivity index (χ2n) is 11.2. The van der Waals surface area contributed by atoms with Gasteiger partial charge in [0.05, 0.1) is 24.2 Å². The largest absolute Gasteiger partial charge is 0.481 e. The molecule has 48 heavy (non-hydrogen) atoms. The van der Waals surface area contributed by atoms with E-state index in [2.05, 4.69) is 21.3 Å². The zero-order valence-corrected chi connectivity index (χ0v) is 26.7. The number of carbonyl (C=O) groups is 8. The first-order valence-electron chi connectivity index (χ1n) is 15.2. The second-order valence-corrected chi connectivity index (χ2v) is 11.2. The van der Waals surface area contributed by atoms with Crippen LogP contribution >= 0.6 is 0 Å². The van der Waals surface area contributed by atoms with Crippen molar-refractivity contribution in [2.45, 2.75) is 81.5 Å². The second kappa shape index (κ2) is 19.1. The maximum absolute atomic E-state index is 14.2. The van der Waals surface area contributed by atoms with E-state index in [4.69, 9.17) is 16.6 Å². The molecule has 7 atom stereocenters. The molecule has 0 saturated carbocycles. The van der Waals surface area contributed by atoms with Gasteiger partial charge in [0.15, 0.2) is 29.8 Å². The fourth-order valence-corrected chi connectivity index (χ4v) is 4.76. The van der Waals surface area contributed by atoms with Crippen molar-refractivity contribution in [1.82, 2.24) is 26.2 Å². The maximum atomic E-state index is 14.2. The van der Waals surface area contributed by atoms with Crippen molar-refractivity contribution in [1.29, 1.82) is 0 Å². The Balaban J connectivity index is 2.62. The molecule has 1 aliphatic rings. The number of rotatable bonds is 15. The number of carbonyl (C=O) groups excluding carboxylic acids is 7. The summed E-state index contributed by atoms with van der Waals surface area (Å²) in [4.78, 5) is 104. The van der Waals surface area contributed by atoms with Crippen molar-refractivity contribution in [3.8, 4) is 0 Å². The van der Waals surface area contributed by atoms with E-state index in [0.717, 1.165) is 4.90 Å². The molecule has 0 spiro atoms. The smallest absolute Gasteiger partial charge is 0.303 e. The molecule has 0 bridgehead atoms. The fraction of sp³-hybridized carbons (Fsp3) is 0.484. The summed E-state index contributed by atoms with van der Waals surface area (Å²) < 4.78 is 0. The topological polar surface area (TPSA) is 280 Å². The van der Waals surface area contributed by atoms with E-state index in [1.807, 2.05) is 0 Å². The number of hydrogen-bond acceptors (Lipinski definition) is 12. The van der Waals surface area contributed by atoms with Crippen molar-refractivity contribution in [3.05, 3.63) is 48.0 Å². The number of aliphatic carboxylic acids is 1. The molecule has 1 aromatic rings. The molecule has 0 aliphatic carbocycles. The summed E-state index contributed by atoms with van der Waals surface area (Å²) in [6.45, 7) is 0.811. The van der Waals surface area contributed by atoms with E-state index in [9.17, 15) is 43.5 Å². The number of nitrogens with one attached hydrogen (secondary N) is 4. The van der Waals surface area contributed by atoms with Crippen LogP contribution in [0, 0.1) is 0 Å². The molecular weight excluding hydrogens is 630 g/mol. The molecule has 0 aromatic heterocycles. The van der Waals surface area contributed by atoms with Crippen LogP contribution in [0.3, 0.4) is 0 Å². The Labute approximate surface area is 276 Å². The molecule has 4 amide bonds. The number of Topliss-reactive ketones (excluding diaryl/α,β-unsaturated/α-hetero) is 2. The molecule has 0 fully saturated rings. The van der Waals surface area contributed by atoms with Crippen LogP contribution in [-0.2, 0) is 44.8 Å². The van der Waals surface area contributed by atoms with Crippen molar-refractivity contribution in [2.24, 2.45) is 11.5 Å². The Hall–Kier alpha value is -4.84. The van der Waals surface area contributed by atoms with Crippen LogP contribution in [-0.4, -0.2) is 119 Å². The zero-order valence-electron chi connectivity index (χ0n) is 26.7. The number of aliphatic hydroxyl groups is 1. The van der Waals surface area contributed by atoms with Crippen LogP contribution < -0.4 is 32.7 Å². The predicted octanol–water partition coefficient (Wildman–Crippen LogP) is -3.36. The van der Waals surface area contributed by atoms with Gasteiger partial charge < -0.3 is 47.3 Å². The lowest BCUT2D eigenvalue weighted by Gasteiger charge is -2.35. The number of ketones is 2. The van der Waals surface area contributed by atoms with Gasteiger partial charge in [0.25, 0.3) is 11.8 Å². The number of aldehydes is 1. The Morgan fingerprint density at radius 2 is 1.73 bits per heavy atom. The van der Waals surface area contributed by atoms with Crippen LogP contribution in [0.4, 0.5) is 0 Å². The zero-order chi connectivity index (χ0) is 36.0. The van der Waals surface area contributed by atoms with Crippen LogP contribution in [0.5, 0.6) is 0 Å². The Kier molecular flexibility index (Phi) is 15.6. The van der Waals surface area contributed by atoms with Crippen LogP contribution in [0.25, 0.3) is 0 Å². The SMILES string of the molecule is CNC(=O)C(C(=O)[C@@H](N)Cc1ccccc1)N1CC=CCCC(=O)NC(C(=O)[C@@H](N)CCC(=O)O)C(=O)NC(N[C@H](C=O)[C@@H](C)O)C1=O. The molecule has 17 heteroatoms. The number of allylic oxidation sites excluding steroid dienone is 1. The molecule has 10 N–H and O–H groups in total. The average Bonchev–Trinajstić information content (AvgIpc) is 3.06. The number of carboxylic acids is 1. The quantitative estimate of drug-likeness (QED) is 0.0514. The highest BCUT2D eigenvalue weighted by molar-refractivity contribution is 6.12. The molecule has 2 rings (SSSR count). The van der Waals surface area contributed by atoms with Crippen molar-refractivity contribution < 1.29 is 48.6 Å². The summed E-state index contributed by atoms with van der Waals surface area (Å²) in [7, 11) is 1.24. The van der Waals surface area contributed by atoms with E-state index in [-0.39, 0.29) is 32.0 Å². The lowest BCUT2D eigenvalue weighted by molar-refractivity contribution is -0.149. The molecule has 3 unspecified atom stereocenters. The third-order valence-electron chi connectivity index (χ3n) is 7.48. The van der Waals surface area contributed by atoms with Gasteiger partial charge in [-0.25, -0.2) is 0 Å². The van der Waals surface area contributed by atoms with Gasteiger partial charge in [-0.15, -0.1) is 0 Å². The number of likely N-dealkylation sites (N-methyl/N-ethyl adjacent to an activating group) is 1. The third kappa shape index (κ3) is 11.4. The minimum Gasteiger partial charge on any atom is -0.481 e. The summed E-state index contributed by atoms with van der Waals surface area (Å²) in [5.74, 6) is -7.28. The van der Waals surface area contributed by atoms with Gasteiger partial charge in [0, 0.05) is 26.4 Å². The van der Waals surface area contributed by atoms with Gasteiger partial charge in [-0.1, -0.05) is 42.5 Å². The predicted molar refractivity (Wildman–Crippen MR) is 169 cm³/mol. The highest BCUT2D eigenvalue weighted by Crippen LogP contribution is 2.13. The number of aliphatic hydroxyl groups excluding tert-OH is 1. The van der Waals surface area contributed by atoms with E-state index >= 15 is 0 Å². The van der Waals surface area contributed by atoms with Gasteiger partial charge in [-0.3, -0.25) is 38.9 Å². The molecule has 17 nitrogen and oxygen atoms in total. The van der Waals surface area contributed by atoms with Gasteiger partial charge in [0.1, 0.15) is 6.29 Å². The normalized spacial score (nSPS) is 20.7. The van der Waals surface area contributed by atoms with Gasteiger partial charge in [-0.2, -0.15) is 0 Å². The number of amides is 4. The summed E-state index contributed by atoms with van der Waals surface area (Å²) >= 11 is 0. The first-order chi connectivity index (χ1) is 22.7. The van der Waals surface area contributed by atoms with E-state index in [1.165, 1.54) is 26.1 Å². The molecule has 0 radical (unpaired) electrons. The van der Waals surface area contributed by atoms with Gasteiger partial charge >= 0.3 is 5.97 Å². The molecule has 262 valence electrons. The maximum Gasteiger partial charge on any atom is 0.303 e. The number of benzene rings is 1. The van der Waals surface area contributed by atoms with Crippen molar-refractivity contribution in [2.75, 3.05) is 13.6 Å². The van der Waals surface area contributed by atoms with Gasteiger partial charge in [-0.05, 0) is 31.7 Å². The average molecular weight is 674 g/mol. The third-order valence-corrected chi connectivity index (χ3v) is 7.48. The lowest BCUT2D eigenvalue weighted by atomic mass is 9.96.